The van der Waals surface area contributed by atoms with Gasteiger partial charge in [-0.1, -0.05) is 140 Å². The Morgan fingerprint density at radius 2 is 1.02 bits per heavy atom. The number of carbonyl (C=O) groups is 6. The topological polar surface area (TPSA) is 194 Å². The molecule has 0 aliphatic carbocycles. The van der Waals surface area contributed by atoms with Gasteiger partial charge >= 0.3 is 17.9 Å². The summed E-state index contributed by atoms with van der Waals surface area (Å²) in [5, 5.41) is 13.6. The van der Waals surface area contributed by atoms with Gasteiger partial charge in [0.1, 0.15) is 29.6 Å². The van der Waals surface area contributed by atoms with Gasteiger partial charge in [0, 0.05) is 50.1 Å². The monoisotopic (exact) mass is 1110 g/mol. The highest BCUT2D eigenvalue weighted by molar-refractivity contribution is 5.83. The Morgan fingerprint density at radius 1 is 0.568 bits per heavy atom. The number of nitrogens with zero attached hydrogens (tertiary/aromatic N) is 4. The molecule has 1 heterocycles. The zero-order valence-corrected chi connectivity index (χ0v) is 48.6. The minimum absolute atomic E-state index is 0.0102. The number of pyridine rings is 1. The van der Waals surface area contributed by atoms with Gasteiger partial charge in [0.2, 0.25) is 0 Å². The number of rotatable bonds is 33. The van der Waals surface area contributed by atoms with Gasteiger partial charge in [0.25, 0.3) is 5.91 Å². The normalized spacial score (nSPS) is 11.4. The molecule has 2 N–H and O–H groups in total. The van der Waals surface area contributed by atoms with Crippen LogP contribution in [0.25, 0.3) is 0 Å². The Bertz CT molecular complexity index is 2770. The highest BCUT2D eigenvalue weighted by Crippen LogP contribution is 2.37. The van der Waals surface area contributed by atoms with E-state index in [1.807, 2.05) is 140 Å². The molecule has 16 heteroatoms. The number of carbonyl (C=O) groups excluding carboxylic acids is 5. The quantitative estimate of drug-likeness (QED) is 0.0230. The molecule has 0 bridgehead atoms. The number of esters is 2. The van der Waals surface area contributed by atoms with Crippen molar-refractivity contribution in [3.63, 3.8) is 0 Å². The van der Waals surface area contributed by atoms with Crippen LogP contribution in [0.3, 0.4) is 0 Å². The molecule has 5 rings (SSSR count). The molecule has 0 aliphatic heterocycles. The minimum Gasteiger partial charge on any atom is -0.497 e. The van der Waals surface area contributed by atoms with Gasteiger partial charge in [-0.25, -0.2) is 0 Å². The zero-order valence-electron chi connectivity index (χ0n) is 48.6. The van der Waals surface area contributed by atoms with Gasteiger partial charge in [-0.2, -0.15) is 0 Å². The molecule has 5 aromatic rings. The van der Waals surface area contributed by atoms with Crippen LogP contribution in [-0.2, 0) is 56.9 Å². The van der Waals surface area contributed by atoms with Crippen molar-refractivity contribution in [2.75, 3.05) is 72.7 Å². The van der Waals surface area contributed by atoms with E-state index in [-0.39, 0.29) is 101 Å². The molecule has 0 atom stereocenters. The van der Waals surface area contributed by atoms with Gasteiger partial charge in [0.15, 0.2) is 6.61 Å². The average Bonchev–Trinajstić information content (AvgIpc) is 3.49. The summed E-state index contributed by atoms with van der Waals surface area (Å²) in [6.45, 7) is 15.3. The van der Waals surface area contributed by atoms with E-state index >= 15 is 0 Å². The second-order valence-electron chi connectivity index (χ2n) is 22.0. The van der Waals surface area contributed by atoms with Crippen LogP contribution in [-0.4, -0.2) is 133 Å². The van der Waals surface area contributed by atoms with Crippen LogP contribution >= 0.6 is 0 Å². The number of carboxylic acid groups (broad SMARTS) is 1. The Morgan fingerprint density at radius 3 is 1.47 bits per heavy atom. The van der Waals surface area contributed by atoms with Crippen molar-refractivity contribution < 1.29 is 52.8 Å². The van der Waals surface area contributed by atoms with Crippen molar-refractivity contribution in [1.82, 2.24) is 25.0 Å². The zero-order chi connectivity index (χ0) is 58.9. The van der Waals surface area contributed by atoms with Crippen molar-refractivity contribution in [2.24, 2.45) is 23.7 Å². The van der Waals surface area contributed by atoms with Crippen LogP contribution in [0.4, 0.5) is 0 Å². The van der Waals surface area contributed by atoms with Crippen LogP contribution in [0.15, 0.2) is 121 Å². The maximum absolute atomic E-state index is 13.8. The number of hydrogen-bond donors (Lipinski definition) is 2. The number of ether oxygens (including phenoxy) is 4. The summed E-state index contributed by atoms with van der Waals surface area (Å²) >= 11 is 0. The molecule has 0 spiro atoms. The Kier molecular flexibility index (Phi) is 25.7. The van der Waals surface area contributed by atoms with Crippen LogP contribution in [0.5, 0.6) is 11.5 Å². The van der Waals surface area contributed by atoms with Crippen LogP contribution < -0.4 is 14.8 Å². The smallest absolute Gasteiger partial charge is 0.323 e. The Balaban J connectivity index is 1.38. The first-order valence-corrected chi connectivity index (χ1v) is 27.7. The number of methoxy groups -OCH3 is 1. The fraction of sp³-hybridized carbons (Fsp3) is 0.431. The molecule has 81 heavy (non-hydrogen) atoms. The summed E-state index contributed by atoms with van der Waals surface area (Å²) in [6, 6.07) is 38.0. The van der Waals surface area contributed by atoms with Gasteiger partial charge in [0.05, 0.1) is 63.4 Å². The second kappa shape index (κ2) is 32.5. The molecule has 0 aliphatic rings. The van der Waals surface area contributed by atoms with E-state index < -0.39 is 42.5 Å². The minimum atomic E-state index is -1.17. The first-order valence-electron chi connectivity index (χ1n) is 27.7. The summed E-state index contributed by atoms with van der Waals surface area (Å²) in [5.74, 6) is 5.24. The molecule has 16 nitrogen and oxygen atoms in total. The maximum Gasteiger partial charge on any atom is 0.323 e. The molecule has 1 amide bonds. The number of benzene rings is 4. The first kappa shape index (κ1) is 64.1. The largest absolute Gasteiger partial charge is 0.497 e. The predicted octanol–water partition coefficient (Wildman–Crippen LogP) is 8.60. The summed E-state index contributed by atoms with van der Waals surface area (Å²) in [7, 11) is 1.61. The maximum atomic E-state index is 13.8. The Hall–Kier alpha value is -7.71. The highest BCUT2D eigenvalue weighted by Gasteiger charge is 2.36. The molecule has 432 valence electrons. The number of hydrogen-bond acceptors (Lipinski definition) is 14. The molecule has 4 aromatic carbocycles. The van der Waals surface area contributed by atoms with Gasteiger partial charge < -0.3 is 29.0 Å². The number of Topliss-reactive ketones (excluding diaryl/α,β-unsaturated/α-hetero) is 2. The summed E-state index contributed by atoms with van der Waals surface area (Å²) in [5.41, 5.74) is 4.09. The average molecular weight is 1110 g/mol. The molecule has 0 unspecified atom stereocenters. The van der Waals surface area contributed by atoms with Crippen molar-refractivity contribution in [2.45, 2.75) is 86.9 Å². The second-order valence-corrected chi connectivity index (χ2v) is 22.0. The lowest BCUT2D eigenvalue weighted by atomic mass is 9.77. The first-order chi connectivity index (χ1) is 38.7. The van der Waals surface area contributed by atoms with Gasteiger partial charge in [-0.05, 0) is 88.9 Å². The molecule has 0 saturated carbocycles. The van der Waals surface area contributed by atoms with E-state index in [1.165, 1.54) is 4.90 Å². The third kappa shape index (κ3) is 22.0. The van der Waals surface area contributed by atoms with E-state index in [0.717, 1.165) is 16.7 Å². The molecule has 1 aromatic heterocycles. The van der Waals surface area contributed by atoms with E-state index in [4.69, 9.17) is 23.9 Å². The van der Waals surface area contributed by atoms with E-state index in [9.17, 15) is 33.9 Å². The third-order valence-electron chi connectivity index (χ3n) is 12.6. The third-order valence-corrected chi connectivity index (χ3v) is 12.6. The lowest BCUT2D eigenvalue weighted by molar-refractivity contribution is -0.147. The van der Waals surface area contributed by atoms with Crippen molar-refractivity contribution in [1.29, 1.82) is 0 Å². The summed E-state index contributed by atoms with van der Waals surface area (Å²) in [6.07, 6.45) is 0.653. The molecule has 0 saturated heterocycles. The lowest BCUT2D eigenvalue weighted by Gasteiger charge is -2.38. The Labute approximate surface area is 478 Å². The number of aliphatic carboxylic acids is 1. The predicted molar refractivity (Wildman–Crippen MR) is 311 cm³/mol. The number of carboxylic acids is 1. The highest BCUT2D eigenvalue weighted by atomic mass is 16.5. The number of amides is 1. The van der Waals surface area contributed by atoms with Crippen molar-refractivity contribution in [3.05, 3.63) is 161 Å². The molecular weight excluding hydrogens is 1030 g/mol. The van der Waals surface area contributed by atoms with E-state index in [1.54, 1.807) is 53.3 Å². The van der Waals surface area contributed by atoms with Crippen molar-refractivity contribution >= 4 is 35.4 Å². The summed E-state index contributed by atoms with van der Waals surface area (Å²) < 4.78 is 22.4. The number of nitrogens with one attached hydrogen (secondary N) is 1. The standard InChI is InChI=1S/C65H81N5O11/c1-46(2)32-57(71)38-68(41-63(76)80-43-48(5)6)36-55-34-51(35-56(67-55)37-69(39-58(72)33-47(3)4)42-64(77)81-44-49(7)8)21-20-50-22-26-60(27-23-50)79-45-61(73)70(40-62(74)75)31-30-66-65(52-16-12-10-13-17-52,53-18-14-11-15-19-53)54-24-28-59(78-9)29-25-54/h10-19,22-29,34-35,46-49,66H,30-33,36-45H2,1-9H3,(H,74,75). The van der Waals surface area contributed by atoms with Gasteiger partial charge in [-0.3, -0.25) is 48.9 Å². The number of ketones is 2. The lowest BCUT2D eigenvalue weighted by Crippen LogP contribution is -2.49. The van der Waals surface area contributed by atoms with Crippen LogP contribution in [0, 0.1) is 35.5 Å². The van der Waals surface area contributed by atoms with Gasteiger partial charge in [-0.15, -0.1) is 0 Å². The SMILES string of the molecule is COc1ccc(C(NCCN(CC(=O)O)C(=O)COc2ccc(C#Cc3cc(CN(CC(=O)CC(C)C)CC(=O)OCC(C)C)nc(CN(CC(=O)CC(C)C)CC(=O)OCC(C)C)c3)cc2)(c2ccccc2)c2ccccc2)cc1. The molecule has 0 fully saturated rings. The van der Waals surface area contributed by atoms with E-state index in [0.29, 0.717) is 46.9 Å². The number of aromatic nitrogens is 1. The van der Waals surface area contributed by atoms with Crippen LogP contribution in [0.1, 0.15) is 107 Å². The summed E-state index contributed by atoms with van der Waals surface area (Å²) in [4.78, 5) is 88.2. The van der Waals surface area contributed by atoms with E-state index in [2.05, 4.69) is 17.2 Å². The fourth-order valence-corrected chi connectivity index (χ4v) is 9.06. The molecule has 0 radical (unpaired) electrons. The molecular formula is C65H81N5O11. The van der Waals surface area contributed by atoms with Crippen molar-refractivity contribution in [3.8, 4) is 23.3 Å². The van der Waals surface area contributed by atoms with Crippen LogP contribution in [0.2, 0.25) is 0 Å². The fourth-order valence-electron chi connectivity index (χ4n) is 9.06.